The van der Waals surface area contributed by atoms with E-state index in [9.17, 15) is 4.79 Å². The Kier molecular flexibility index (Phi) is 5.27. The van der Waals surface area contributed by atoms with Gasteiger partial charge in [0.15, 0.2) is 0 Å². The normalized spacial score (nSPS) is 12.4. The average molecular weight is 403 g/mol. The third-order valence-electron chi connectivity index (χ3n) is 4.72. The molecule has 1 heterocycles. The van der Waals surface area contributed by atoms with Crippen LogP contribution in [-0.4, -0.2) is 25.7 Å². The van der Waals surface area contributed by atoms with Crippen molar-refractivity contribution < 1.29 is 4.79 Å². The largest absolute Gasteiger partial charge is 0.378 e. The SMILES string of the molecule is C/C(=N/NC(=O)c1cccc(N(C)C)c1)c1ccc2c(c1)Nc1ccccc1S2. The zero-order valence-corrected chi connectivity index (χ0v) is 17.4. The van der Waals surface area contributed by atoms with E-state index in [2.05, 4.69) is 40.1 Å². The Bertz CT molecular complexity index is 1110. The molecule has 0 aliphatic carbocycles. The molecule has 1 aliphatic rings. The highest BCUT2D eigenvalue weighted by molar-refractivity contribution is 7.99. The molecule has 1 amide bonds. The lowest BCUT2D eigenvalue weighted by Crippen LogP contribution is -2.20. The minimum atomic E-state index is -0.228. The van der Waals surface area contributed by atoms with E-state index in [0.717, 1.165) is 28.3 Å². The molecule has 0 saturated heterocycles. The third-order valence-corrected chi connectivity index (χ3v) is 5.88. The summed E-state index contributed by atoms with van der Waals surface area (Å²) in [6.07, 6.45) is 0. The van der Waals surface area contributed by atoms with Crippen LogP contribution in [0.3, 0.4) is 0 Å². The highest BCUT2D eigenvalue weighted by atomic mass is 32.2. The van der Waals surface area contributed by atoms with Gasteiger partial charge in [0.05, 0.1) is 17.1 Å². The molecule has 6 heteroatoms. The minimum absolute atomic E-state index is 0.228. The molecule has 0 bridgehead atoms. The minimum Gasteiger partial charge on any atom is -0.378 e. The van der Waals surface area contributed by atoms with Crippen molar-refractivity contribution in [2.75, 3.05) is 24.3 Å². The average Bonchev–Trinajstić information content (AvgIpc) is 2.75. The molecule has 0 fully saturated rings. The van der Waals surface area contributed by atoms with E-state index in [4.69, 9.17) is 0 Å². The number of carbonyl (C=O) groups excluding carboxylic acids is 1. The molecule has 2 N–H and O–H groups in total. The predicted octanol–water partition coefficient (Wildman–Crippen LogP) is 5.11. The van der Waals surface area contributed by atoms with Gasteiger partial charge in [0.2, 0.25) is 0 Å². The van der Waals surface area contributed by atoms with Crippen LogP contribution < -0.4 is 15.6 Å². The number of para-hydroxylation sites is 1. The number of nitrogens with zero attached hydrogens (tertiary/aromatic N) is 2. The second kappa shape index (κ2) is 8.01. The lowest BCUT2D eigenvalue weighted by molar-refractivity contribution is 0.0955. The van der Waals surface area contributed by atoms with Gasteiger partial charge in [-0.1, -0.05) is 36.0 Å². The number of anilines is 3. The van der Waals surface area contributed by atoms with Crippen molar-refractivity contribution in [3.05, 3.63) is 77.9 Å². The van der Waals surface area contributed by atoms with Crippen LogP contribution in [0.4, 0.5) is 17.1 Å². The number of amides is 1. The Morgan fingerprint density at radius 3 is 2.55 bits per heavy atom. The van der Waals surface area contributed by atoms with Gasteiger partial charge < -0.3 is 10.2 Å². The molecule has 3 aromatic rings. The molecular weight excluding hydrogens is 380 g/mol. The number of carbonyl (C=O) groups is 1. The number of hydrogen-bond donors (Lipinski definition) is 2. The van der Waals surface area contributed by atoms with Gasteiger partial charge in [-0.25, -0.2) is 5.43 Å². The first-order chi connectivity index (χ1) is 14.0. The van der Waals surface area contributed by atoms with E-state index < -0.39 is 0 Å². The number of rotatable bonds is 4. The van der Waals surface area contributed by atoms with Crippen LogP contribution >= 0.6 is 11.8 Å². The summed E-state index contributed by atoms with van der Waals surface area (Å²) >= 11 is 1.75. The summed E-state index contributed by atoms with van der Waals surface area (Å²) in [5, 5.41) is 7.78. The summed E-state index contributed by atoms with van der Waals surface area (Å²) < 4.78 is 0. The number of nitrogens with one attached hydrogen (secondary N) is 2. The quantitative estimate of drug-likeness (QED) is 0.368. The highest BCUT2D eigenvalue weighted by Crippen LogP contribution is 2.44. The van der Waals surface area contributed by atoms with Gasteiger partial charge in [-0.15, -0.1) is 0 Å². The fourth-order valence-corrected chi connectivity index (χ4v) is 4.02. The lowest BCUT2D eigenvalue weighted by Gasteiger charge is -2.21. The van der Waals surface area contributed by atoms with Crippen LogP contribution in [0.5, 0.6) is 0 Å². The number of hydrazone groups is 1. The van der Waals surface area contributed by atoms with E-state index in [1.165, 1.54) is 9.79 Å². The number of fused-ring (bicyclic) bond motifs is 2. The van der Waals surface area contributed by atoms with Gasteiger partial charge in [-0.2, -0.15) is 5.10 Å². The maximum Gasteiger partial charge on any atom is 0.271 e. The second-order valence-electron chi connectivity index (χ2n) is 7.02. The maximum atomic E-state index is 12.5. The topological polar surface area (TPSA) is 56.7 Å². The van der Waals surface area contributed by atoms with Gasteiger partial charge >= 0.3 is 0 Å². The Balaban J connectivity index is 1.50. The Labute approximate surface area is 174 Å². The Morgan fingerprint density at radius 1 is 0.931 bits per heavy atom. The van der Waals surface area contributed by atoms with E-state index >= 15 is 0 Å². The highest BCUT2D eigenvalue weighted by Gasteiger charge is 2.16. The molecule has 1 aliphatic heterocycles. The molecular formula is C23H22N4OS. The van der Waals surface area contributed by atoms with Gasteiger partial charge in [0.25, 0.3) is 5.91 Å². The monoisotopic (exact) mass is 402 g/mol. The van der Waals surface area contributed by atoms with Crippen molar-refractivity contribution in [3.8, 4) is 0 Å². The molecule has 146 valence electrons. The summed E-state index contributed by atoms with van der Waals surface area (Å²) in [6, 6.07) is 21.9. The van der Waals surface area contributed by atoms with Crippen molar-refractivity contribution in [2.45, 2.75) is 16.7 Å². The summed E-state index contributed by atoms with van der Waals surface area (Å²) in [7, 11) is 3.89. The van der Waals surface area contributed by atoms with Crippen LogP contribution in [0.1, 0.15) is 22.8 Å². The third kappa shape index (κ3) is 4.12. The molecule has 0 atom stereocenters. The molecule has 29 heavy (non-hydrogen) atoms. The summed E-state index contributed by atoms with van der Waals surface area (Å²) in [6.45, 7) is 1.89. The first kappa shape index (κ1) is 19.1. The molecule has 0 unspecified atom stereocenters. The van der Waals surface area contributed by atoms with Crippen LogP contribution in [0.15, 0.2) is 81.6 Å². The molecule has 0 radical (unpaired) electrons. The number of benzene rings is 3. The van der Waals surface area contributed by atoms with Crippen LogP contribution in [0.2, 0.25) is 0 Å². The second-order valence-corrected chi connectivity index (χ2v) is 8.10. The van der Waals surface area contributed by atoms with Crippen molar-refractivity contribution in [1.82, 2.24) is 5.43 Å². The molecule has 4 rings (SSSR count). The maximum absolute atomic E-state index is 12.5. The fraction of sp³-hybridized carbons (Fsp3) is 0.130. The van der Waals surface area contributed by atoms with Crippen molar-refractivity contribution in [1.29, 1.82) is 0 Å². The zero-order valence-electron chi connectivity index (χ0n) is 16.6. The summed E-state index contributed by atoms with van der Waals surface area (Å²) in [5.41, 5.74) is 8.06. The number of hydrogen-bond acceptors (Lipinski definition) is 5. The molecule has 3 aromatic carbocycles. The molecule has 0 spiro atoms. The lowest BCUT2D eigenvalue weighted by atomic mass is 10.1. The van der Waals surface area contributed by atoms with Gasteiger partial charge in [-0.05, 0) is 55.0 Å². The van der Waals surface area contributed by atoms with E-state index in [1.807, 2.05) is 62.3 Å². The summed E-state index contributed by atoms with van der Waals surface area (Å²) in [5.74, 6) is -0.228. The van der Waals surface area contributed by atoms with Crippen LogP contribution in [0.25, 0.3) is 0 Å². The van der Waals surface area contributed by atoms with Crippen molar-refractivity contribution in [2.24, 2.45) is 5.10 Å². The predicted molar refractivity (Wildman–Crippen MR) is 121 cm³/mol. The standard InChI is InChI=1S/C23H22N4OS/c1-15(25-26-23(28)17-7-6-8-18(13-17)27(2)3)16-11-12-22-20(14-16)24-19-9-4-5-10-21(19)29-22/h4-14,24H,1-3H3,(H,26,28)/b25-15-. The van der Waals surface area contributed by atoms with Crippen LogP contribution in [0, 0.1) is 0 Å². The van der Waals surface area contributed by atoms with Gasteiger partial charge in [0.1, 0.15) is 0 Å². The Morgan fingerprint density at radius 2 is 1.72 bits per heavy atom. The molecule has 5 nitrogen and oxygen atoms in total. The van der Waals surface area contributed by atoms with Gasteiger partial charge in [0, 0.05) is 35.1 Å². The first-order valence-electron chi connectivity index (χ1n) is 9.31. The zero-order chi connectivity index (χ0) is 20.4. The van der Waals surface area contributed by atoms with Crippen molar-refractivity contribution >= 4 is 40.4 Å². The fourth-order valence-electron chi connectivity index (χ4n) is 3.05. The Hall–Kier alpha value is -3.25. The molecule has 0 aromatic heterocycles. The molecule has 0 saturated carbocycles. The van der Waals surface area contributed by atoms with E-state index in [0.29, 0.717) is 5.56 Å². The first-order valence-corrected chi connectivity index (χ1v) is 10.1. The van der Waals surface area contributed by atoms with Crippen LogP contribution in [-0.2, 0) is 0 Å². The van der Waals surface area contributed by atoms with Crippen molar-refractivity contribution in [3.63, 3.8) is 0 Å². The summed E-state index contributed by atoms with van der Waals surface area (Å²) in [4.78, 5) is 16.8. The smallest absolute Gasteiger partial charge is 0.271 e. The van der Waals surface area contributed by atoms with Gasteiger partial charge in [-0.3, -0.25) is 4.79 Å². The van der Waals surface area contributed by atoms with E-state index in [-0.39, 0.29) is 5.91 Å². The van der Waals surface area contributed by atoms with E-state index in [1.54, 1.807) is 17.8 Å².